The second-order valence-corrected chi connectivity index (χ2v) is 7.97. The van der Waals surface area contributed by atoms with Crippen LogP contribution in [0.5, 0.6) is 11.5 Å². The Bertz CT molecular complexity index is 800. The molecule has 0 bridgehead atoms. The van der Waals surface area contributed by atoms with Crippen molar-refractivity contribution in [1.82, 2.24) is 0 Å². The van der Waals surface area contributed by atoms with E-state index in [1.54, 1.807) is 0 Å². The zero-order valence-corrected chi connectivity index (χ0v) is 18.8. The maximum atomic E-state index is 5.93. The number of benzene rings is 2. The predicted octanol–water partition coefficient (Wildman–Crippen LogP) is 5.06. The molecule has 0 atom stereocenters. The molecule has 0 aliphatic carbocycles. The Morgan fingerprint density at radius 3 is 2.54 bits per heavy atom. The highest BCUT2D eigenvalue weighted by atomic mass is 127. The van der Waals surface area contributed by atoms with Crippen LogP contribution in [0.15, 0.2) is 41.4 Å². The lowest BCUT2D eigenvalue weighted by atomic mass is 10.2. The molecule has 6 heteroatoms. The zero-order valence-electron chi connectivity index (χ0n) is 16.7. The van der Waals surface area contributed by atoms with Crippen LogP contribution in [0, 0.1) is 3.57 Å². The minimum absolute atomic E-state index is 0.0946. The van der Waals surface area contributed by atoms with Crippen LogP contribution in [0.1, 0.15) is 26.3 Å². The Hall–Kier alpha value is -1.80. The molecule has 0 unspecified atom stereocenters. The quantitative estimate of drug-likeness (QED) is 0.399. The maximum Gasteiger partial charge on any atom is 0.174 e. The molecule has 28 heavy (non-hydrogen) atoms. The fraction of sp³-hybridized carbons (Fsp3) is 0.409. The lowest BCUT2D eigenvalue weighted by Gasteiger charge is -2.28. The van der Waals surface area contributed by atoms with E-state index in [1.165, 1.54) is 5.69 Å². The topological polar surface area (TPSA) is 43.3 Å². The van der Waals surface area contributed by atoms with Gasteiger partial charge in [-0.2, -0.15) is 0 Å². The van der Waals surface area contributed by atoms with Gasteiger partial charge >= 0.3 is 0 Å². The summed E-state index contributed by atoms with van der Waals surface area (Å²) in [5.74, 6) is 1.55. The van der Waals surface area contributed by atoms with Crippen molar-refractivity contribution in [2.45, 2.75) is 26.9 Å². The third-order valence-electron chi connectivity index (χ3n) is 4.27. The minimum Gasteiger partial charge on any atom is -0.490 e. The summed E-state index contributed by atoms with van der Waals surface area (Å²) in [7, 11) is 0. The first-order chi connectivity index (χ1) is 13.6. The lowest BCUT2D eigenvalue weighted by molar-refractivity contribution is 0.122. The molecule has 1 aliphatic rings. The van der Waals surface area contributed by atoms with Crippen LogP contribution < -0.4 is 14.4 Å². The van der Waals surface area contributed by atoms with Crippen molar-refractivity contribution in [1.29, 1.82) is 0 Å². The van der Waals surface area contributed by atoms with Crippen molar-refractivity contribution in [3.8, 4) is 11.5 Å². The normalized spacial score (nSPS) is 14.7. The summed E-state index contributed by atoms with van der Waals surface area (Å²) < 4.78 is 18.1. The molecule has 5 nitrogen and oxygen atoms in total. The molecule has 1 heterocycles. The Kier molecular flexibility index (Phi) is 7.56. The van der Waals surface area contributed by atoms with Gasteiger partial charge < -0.3 is 19.1 Å². The van der Waals surface area contributed by atoms with E-state index in [0.717, 1.165) is 52.6 Å². The number of halogens is 1. The monoisotopic (exact) mass is 494 g/mol. The molecular formula is C22H27IN2O3. The average molecular weight is 494 g/mol. The second-order valence-electron chi connectivity index (χ2n) is 6.80. The fourth-order valence-electron chi connectivity index (χ4n) is 3.00. The Morgan fingerprint density at radius 1 is 1.18 bits per heavy atom. The molecule has 2 aromatic rings. The van der Waals surface area contributed by atoms with Gasteiger partial charge in [0.05, 0.1) is 35.2 Å². The van der Waals surface area contributed by atoms with E-state index >= 15 is 0 Å². The standard InChI is InChI=1S/C22H27IN2O3/c1-4-27-21-14-17(13-20(23)22(21)28-16(2)3)15-24-18-5-7-19(8-6-18)25-9-11-26-12-10-25/h5-8,13-16H,4,9-12H2,1-3H3. The van der Waals surface area contributed by atoms with Gasteiger partial charge in [0.25, 0.3) is 0 Å². The van der Waals surface area contributed by atoms with E-state index < -0.39 is 0 Å². The first kappa shape index (κ1) is 20.9. The van der Waals surface area contributed by atoms with Gasteiger partial charge in [-0.05, 0) is 85.3 Å². The Labute approximate surface area is 180 Å². The van der Waals surface area contributed by atoms with Gasteiger partial charge in [0.2, 0.25) is 0 Å². The highest BCUT2D eigenvalue weighted by Gasteiger charge is 2.13. The summed E-state index contributed by atoms with van der Waals surface area (Å²) in [6, 6.07) is 12.4. The van der Waals surface area contributed by atoms with Crippen molar-refractivity contribution >= 4 is 40.2 Å². The van der Waals surface area contributed by atoms with E-state index in [4.69, 9.17) is 14.2 Å². The van der Waals surface area contributed by atoms with E-state index in [0.29, 0.717) is 6.61 Å². The van der Waals surface area contributed by atoms with Crippen LogP contribution in [0.3, 0.4) is 0 Å². The highest BCUT2D eigenvalue weighted by Crippen LogP contribution is 2.34. The molecule has 0 saturated carbocycles. The van der Waals surface area contributed by atoms with Crippen molar-refractivity contribution in [2.24, 2.45) is 4.99 Å². The first-order valence-electron chi connectivity index (χ1n) is 9.66. The van der Waals surface area contributed by atoms with Gasteiger partial charge in [-0.1, -0.05) is 0 Å². The van der Waals surface area contributed by atoms with Crippen molar-refractivity contribution in [3.05, 3.63) is 45.5 Å². The van der Waals surface area contributed by atoms with Gasteiger partial charge in [-0.3, -0.25) is 4.99 Å². The number of hydrogen-bond donors (Lipinski definition) is 0. The summed E-state index contributed by atoms with van der Waals surface area (Å²) in [6.45, 7) is 10.0. The van der Waals surface area contributed by atoms with Crippen LogP contribution >= 0.6 is 22.6 Å². The van der Waals surface area contributed by atoms with Crippen LogP contribution in [0.2, 0.25) is 0 Å². The zero-order chi connectivity index (χ0) is 19.9. The van der Waals surface area contributed by atoms with Crippen molar-refractivity contribution in [3.63, 3.8) is 0 Å². The lowest BCUT2D eigenvalue weighted by Crippen LogP contribution is -2.36. The summed E-state index contributed by atoms with van der Waals surface area (Å²) >= 11 is 2.29. The van der Waals surface area contributed by atoms with Gasteiger partial charge in [0.15, 0.2) is 11.5 Å². The molecule has 0 radical (unpaired) electrons. The predicted molar refractivity (Wildman–Crippen MR) is 123 cm³/mol. The molecule has 1 fully saturated rings. The summed E-state index contributed by atoms with van der Waals surface area (Å²) in [5, 5.41) is 0. The number of anilines is 1. The Balaban J connectivity index is 1.75. The molecule has 0 aromatic heterocycles. The minimum atomic E-state index is 0.0946. The maximum absolute atomic E-state index is 5.93. The molecular weight excluding hydrogens is 467 g/mol. The molecule has 0 N–H and O–H groups in total. The van der Waals surface area contributed by atoms with Crippen LogP contribution in [0.25, 0.3) is 0 Å². The highest BCUT2D eigenvalue weighted by molar-refractivity contribution is 14.1. The smallest absolute Gasteiger partial charge is 0.174 e. The SMILES string of the molecule is CCOc1cc(C=Nc2ccc(N3CCOCC3)cc2)cc(I)c1OC(C)C. The number of nitrogens with zero attached hydrogens (tertiary/aromatic N) is 2. The molecule has 1 saturated heterocycles. The van der Waals surface area contributed by atoms with Gasteiger partial charge in [-0.25, -0.2) is 0 Å². The number of morpholine rings is 1. The summed E-state index contributed by atoms with van der Waals surface area (Å²) in [6.07, 6.45) is 1.96. The van der Waals surface area contributed by atoms with E-state index in [2.05, 4.69) is 50.7 Å². The van der Waals surface area contributed by atoms with Crippen LogP contribution in [-0.2, 0) is 4.74 Å². The molecule has 2 aromatic carbocycles. The van der Waals surface area contributed by atoms with Gasteiger partial charge in [0.1, 0.15) is 0 Å². The van der Waals surface area contributed by atoms with Gasteiger partial charge in [-0.15, -0.1) is 0 Å². The Morgan fingerprint density at radius 2 is 1.89 bits per heavy atom. The fourth-order valence-corrected chi connectivity index (χ4v) is 3.75. The third kappa shape index (κ3) is 5.61. The molecule has 1 aliphatic heterocycles. The number of ether oxygens (including phenoxy) is 3. The van der Waals surface area contributed by atoms with Crippen molar-refractivity contribution < 1.29 is 14.2 Å². The van der Waals surface area contributed by atoms with E-state index in [-0.39, 0.29) is 6.10 Å². The summed E-state index contributed by atoms with van der Waals surface area (Å²) in [5.41, 5.74) is 3.12. The number of rotatable bonds is 7. The molecule has 0 spiro atoms. The average Bonchev–Trinajstić information content (AvgIpc) is 2.70. The van der Waals surface area contributed by atoms with Gasteiger partial charge in [0, 0.05) is 25.0 Å². The second kappa shape index (κ2) is 10.1. The first-order valence-corrected chi connectivity index (χ1v) is 10.7. The molecule has 0 amide bonds. The van der Waals surface area contributed by atoms with Crippen molar-refractivity contribution in [2.75, 3.05) is 37.8 Å². The van der Waals surface area contributed by atoms with Crippen LogP contribution in [0.4, 0.5) is 11.4 Å². The summed E-state index contributed by atoms with van der Waals surface area (Å²) in [4.78, 5) is 6.96. The van der Waals surface area contributed by atoms with E-state index in [1.807, 2.05) is 45.2 Å². The molecule has 150 valence electrons. The third-order valence-corrected chi connectivity index (χ3v) is 5.08. The number of hydrogen-bond acceptors (Lipinski definition) is 5. The van der Waals surface area contributed by atoms with Crippen LogP contribution in [-0.4, -0.2) is 45.2 Å². The molecule has 3 rings (SSSR count). The largest absolute Gasteiger partial charge is 0.490 e. The van der Waals surface area contributed by atoms with E-state index in [9.17, 15) is 0 Å². The number of aliphatic imine (C=N–C) groups is 1.